The summed E-state index contributed by atoms with van der Waals surface area (Å²) in [5.41, 5.74) is 0. The van der Waals surface area contributed by atoms with Gasteiger partial charge in [-0.1, -0.05) is 6.92 Å². The molecule has 0 aliphatic carbocycles. The monoisotopic (exact) mass is 164 g/mol. The van der Waals surface area contributed by atoms with Crippen LogP contribution in [0.3, 0.4) is 0 Å². The minimum atomic E-state index is -2.58. The smallest absolute Gasteiger partial charge is 0.250 e. The fourth-order valence-electron chi connectivity index (χ4n) is 1.49. The predicted octanol–water partition coefficient (Wildman–Crippen LogP) is 2.31. The largest absolute Gasteiger partial charge is 0.381 e. The average molecular weight is 164 g/mol. The third-order valence-corrected chi connectivity index (χ3v) is 2.35. The van der Waals surface area contributed by atoms with E-state index in [2.05, 4.69) is 0 Å². The fraction of sp³-hybridized carbons (Fsp3) is 1.00. The van der Waals surface area contributed by atoms with E-state index in [0.29, 0.717) is 6.61 Å². The second-order valence-corrected chi connectivity index (χ2v) is 3.40. The van der Waals surface area contributed by atoms with Crippen LogP contribution in [0, 0.1) is 11.8 Å². The van der Waals surface area contributed by atoms with Crippen LogP contribution in [-0.4, -0.2) is 19.1 Å². The second kappa shape index (κ2) is 3.05. The second-order valence-electron chi connectivity index (χ2n) is 3.40. The van der Waals surface area contributed by atoms with Crippen LogP contribution in [-0.2, 0) is 4.74 Å². The van der Waals surface area contributed by atoms with Crippen LogP contribution in [0.4, 0.5) is 8.78 Å². The molecule has 1 unspecified atom stereocenters. The average Bonchev–Trinajstić information content (AvgIpc) is 1.86. The van der Waals surface area contributed by atoms with E-state index < -0.39 is 11.8 Å². The van der Waals surface area contributed by atoms with E-state index >= 15 is 0 Å². The summed E-state index contributed by atoms with van der Waals surface area (Å²) in [6.07, 6.45) is 0.758. The van der Waals surface area contributed by atoms with Crippen molar-refractivity contribution >= 4 is 0 Å². The van der Waals surface area contributed by atoms with Gasteiger partial charge >= 0.3 is 0 Å². The minimum absolute atomic E-state index is 0.0868. The van der Waals surface area contributed by atoms with Crippen molar-refractivity contribution in [1.82, 2.24) is 0 Å². The summed E-state index contributed by atoms with van der Waals surface area (Å²) >= 11 is 0. The first-order valence-electron chi connectivity index (χ1n) is 3.97. The molecule has 0 bridgehead atoms. The molecule has 0 aromatic carbocycles. The molecule has 1 rings (SSSR count). The van der Waals surface area contributed by atoms with Crippen LogP contribution in [0.2, 0.25) is 0 Å². The lowest BCUT2D eigenvalue weighted by atomic mass is 9.86. The first kappa shape index (κ1) is 8.91. The van der Waals surface area contributed by atoms with Crippen molar-refractivity contribution in [3.63, 3.8) is 0 Å². The third-order valence-electron chi connectivity index (χ3n) is 2.35. The van der Waals surface area contributed by atoms with Crippen molar-refractivity contribution < 1.29 is 13.5 Å². The van der Waals surface area contributed by atoms with E-state index in [4.69, 9.17) is 4.74 Å². The van der Waals surface area contributed by atoms with Gasteiger partial charge in [0, 0.05) is 12.5 Å². The maximum atomic E-state index is 12.8. The molecule has 11 heavy (non-hydrogen) atoms. The highest BCUT2D eigenvalue weighted by Gasteiger charge is 2.39. The molecule has 2 atom stereocenters. The van der Waals surface area contributed by atoms with Crippen molar-refractivity contribution in [2.75, 3.05) is 13.2 Å². The van der Waals surface area contributed by atoms with Gasteiger partial charge in [-0.15, -0.1) is 0 Å². The molecule has 0 N–H and O–H groups in total. The maximum Gasteiger partial charge on any atom is 0.250 e. The Morgan fingerprint density at radius 2 is 2.09 bits per heavy atom. The Balaban J connectivity index is 2.55. The molecule has 0 aromatic heterocycles. The SMILES string of the molecule is C[C@@H]1CCOCC1C(C)(F)F. The topological polar surface area (TPSA) is 9.23 Å². The van der Waals surface area contributed by atoms with Gasteiger partial charge in [0.15, 0.2) is 0 Å². The lowest BCUT2D eigenvalue weighted by molar-refractivity contribution is -0.117. The summed E-state index contributed by atoms with van der Waals surface area (Å²) in [6.45, 7) is 3.69. The van der Waals surface area contributed by atoms with E-state index in [0.717, 1.165) is 13.3 Å². The summed E-state index contributed by atoms with van der Waals surface area (Å²) < 4.78 is 30.6. The maximum absolute atomic E-state index is 12.8. The van der Waals surface area contributed by atoms with E-state index in [9.17, 15) is 8.78 Å². The zero-order valence-electron chi connectivity index (χ0n) is 6.94. The number of ether oxygens (including phenoxy) is 1. The number of alkyl halides is 2. The molecule has 66 valence electrons. The number of halogens is 2. The van der Waals surface area contributed by atoms with Crippen LogP contribution < -0.4 is 0 Å². The molecular weight excluding hydrogens is 150 g/mol. The molecule has 0 aromatic rings. The summed E-state index contributed by atoms with van der Waals surface area (Å²) in [6, 6.07) is 0. The zero-order valence-corrected chi connectivity index (χ0v) is 6.94. The quantitative estimate of drug-likeness (QED) is 0.578. The Labute approximate surface area is 65.7 Å². The summed E-state index contributed by atoms with van der Waals surface area (Å²) in [5.74, 6) is -3.08. The van der Waals surface area contributed by atoms with E-state index in [1.54, 1.807) is 0 Å². The van der Waals surface area contributed by atoms with Crippen molar-refractivity contribution in [2.24, 2.45) is 11.8 Å². The van der Waals surface area contributed by atoms with Gasteiger partial charge in [0.25, 0.3) is 5.92 Å². The summed E-state index contributed by atoms with van der Waals surface area (Å²) in [7, 11) is 0. The highest BCUT2D eigenvalue weighted by molar-refractivity contribution is 4.79. The van der Waals surface area contributed by atoms with E-state index in [-0.39, 0.29) is 12.5 Å². The van der Waals surface area contributed by atoms with Gasteiger partial charge in [-0.3, -0.25) is 0 Å². The molecule has 3 heteroatoms. The summed E-state index contributed by atoms with van der Waals surface area (Å²) in [5, 5.41) is 0. The van der Waals surface area contributed by atoms with Crippen LogP contribution in [0.1, 0.15) is 20.3 Å². The Bertz CT molecular complexity index is 131. The molecule has 0 spiro atoms. The first-order chi connectivity index (χ1) is 5.02. The molecule has 1 nitrogen and oxygen atoms in total. The van der Waals surface area contributed by atoms with Gasteiger partial charge < -0.3 is 4.74 Å². The molecule has 1 aliphatic heterocycles. The van der Waals surface area contributed by atoms with E-state index in [1.165, 1.54) is 0 Å². The minimum Gasteiger partial charge on any atom is -0.381 e. The van der Waals surface area contributed by atoms with Crippen molar-refractivity contribution in [1.29, 1.82) is 0 Å². The van der Waals surface area contributed by atoms with Crippen molar-refractivity contribution in [3.8, 4) is 0 Å². The summed E-state index contributed by atoms with van der Waals surface area (Å²) in [4.78, 5) is 0. The Kier molecular flexibility index (Phi) is 2.47. The molecule has 1 saturated heterocycles. The van der Waals surface area contributed by atoms with Gasteiger partial charge in [0.05, 0.1) is 6.61 Å². The first-order valence-corrected chi connectivity index (χ1v) is 3.97. The van der Waals surface area contributed by atoms with Gasteiger partial charge in [0.2, 0.25) is 0 Å². The van der Waals surface area contributed by atoms with Crippen molar-refractivity contribution in [3.05, 3.63) is 0 Å². The lowest BCUT2D eigenvalue weighted by Gasteiger charge is -2.32. The van der Waals surface area contributed by atoms with Crippen LogP contribution in [0.5, 0.6) is 0 Å². The van der Waals surface area contributed by atoms with Gasteiger partial charge in [-0.25, -0.2) is 8.78 Å². The Morgan fingerprint density at radius 1 is 1.45 bits per heavy atom. The third kappa shape index (κ3) is 2.12. The number of hydrogen-bond donors (Lipinski definition) is 0. The highest BCUT2D eigenvalue weighted by Crippen LogP contribution is 2.34. The lowest BCUT2D eigenvalue weighted by Crippen LogP contribution is -2.37. The van der Waals surface area contributed by atoms with Gasteiger partial charge in [0.1, 0.15) is 0 Å². The Hall–Kier alpha value is -0.180. The molecular formula is C8H14F2O. The zero-order chi connectivity index (χ0) is 8.48. The number of rotatable bonds is 1. The molecule has 1 aliphatic rings. The fourth-order valence-corrected chi connectivity index (χ4v) is 1.49. The van der Waals surface area contributed by atoms with Crippen molar-refractivity contribution in [2.45, 2.75) is 26.2 Å². The molecule has 1 fully saturated rings. The van der Waals surface area contributed by atoms with E-state index in [1.807, 2.05) is 6.92 Å². The Morgan fingerprint density at radius 3 is 2.45 bits per heavy atom. The van der Waals surface area contributed by atoms with Crippen LogP contribution >= 0.6 is 0 Å². The molecule has 0 amide bonds. The van der Waals surface area contributed by atoms with Crippen LogP contribution in [0.25, 0.3) is 0 Å². The van der Waals surface area contributed by atoms with Gasteiger partial charge in [-0.2, -0.15) is 0 Å². The predicted molar refractivity (Wildman–Crippen MR) is 38.7 cm³/mol. The number of hydrogen-bond acceptors (Lipinski definition) is 1. The molecule has 1 heterocycles. The van der Waals surface area contributed by atoms with Crippen LogP contribution in [0.15, 0.2) is 0 Å². The molecule has 0 saturated carbocycles. The normalized spacial score (nSPS) is 33.8. The van der Waals surface area contributed by atoms with Gasteiger partial charge in [-0.05, 0) is 19.3 Å². The highest BCUT2D eigenvalue weighted by atomic mass is 19.3. The standard InChI is InChI=1S/C8H14F2O/c1-6-3-4-11-5-7(6)8(2,9)10/h6-7H,3-5H2,1-2H3/t6-,7?/m1/s1. The molecule has 0 radical (unpaired) electrons.